The quantitative estimate of drug-likeness (QED) is 0.433. The molecule has 1 heterocycles. The number of carbonyl (C=O) groups is 1. The van der Waals surface area contributed by atoms with E-state index in [4.69, 9.17) is 14.6 Å². The Balaban J connectivity index is 1.90. The van der Waals surface area contributed by atoms with Crippen LogP contribution >= 0.6 is 0 Å². The smallest absolute Gasteiger partial charge is 0.161 e. The van der Waals surface area contributed by atoms with Crippen molar-refractivity contribution in [2.45, 2.75) is 53.4 Å². The molecule has 0 aliphatic carbocycles. The Labute approximate surface area is 185 Å². The monoisotopic (exact) mass is 420 g/mol. The lowest BCUT2D eigenvalue weighted by Crippen LogP contribution is -2.32. The molecule has 0 bridgehead atoms. The lowest BCUT2D eigenvalue weighted by Gasteiger charge is -2.21. The third kappa shape index (κ3) is 6.28. The van der Waals surface area contributed by atoms with Gasteiger partial charge < -0.3 is 9.47 Å². The first-order chi connectivity index (χ1) is 14.7. The standard InChI is InChI=1S/C26H32N2O3/c1-19(2)17-30-24-13-9-12-22(14-24)25-15-23(18-31-26(4,5)20(3)29)27-28(25)16-21-10-7-6-8-11-21/h6-15,19H,16-18H2,1-5H3. The van der Waals surface area contributed by atoms with Crippen LogP contribution in [0.4, 0.5) is 0 Å². The van der Waals surface area contributed by atoms with Crippen molar-refractivity contribution in [3.63, 3.8) is 0 Å². The van der Waals surface area contributed by atoms with E-state index in [1.807, 2.05) is 47.1 Å². The molecular formula is C26H32N2O3. The summed E-state index contributed by atoms with van der Waals surface area (Å²) >= 11 is 0. The van der Waals surface area contributed by atoms with E-state index >= 15 is 0 Å². The fourth-order valence-electron chi connectivity index (χ4n) is 3.01. The summed E-state index contributed by atoms with van der Waals surface area (Å²) in [6.45, 7) is 11.0. The van der Waals surface area contributed by atoms with Gasteiger partial charge in [-0.3, -0.25) is 9.48 Å². The van der Waals surface area contributed by atoms with Gasteiger partial charge in [-0.1, -0.05) is 56.3 Å². The third-order valence-electron chi connectivity index (χ3n) is 5.15. The van der Waals surface area contributed by atoms with E-state index in [1.165, 1.54) is 0 Å². The van der Waals surface area contributed by atoms with Gasteiger partial charge in [-0.2, -0.15) is 5.10 Å². The van der Waals surface area contributed by atoms with Crippen LogP contribution in [0.2, 0.25) is 0 Å². The molecule has 0 aliphatic rings. The number of rotatable bonds is 10. The number of ether oxygens (including phenoxy) is 2. The number of carbonyl (C=O) groups excluding carboxylic acids is 1. The van der Waals surface area contributed by atoms with Crippen LogP contribution in [0.15, 0.2) is 60.7 Å². The minimum atomic E-state index is -0.839. The summed E-state index contributed by atoms with van der Waals surface area (Å²) in [4.78, 5) is 11.8. The van der Waals surface area contributed by atoms with Crippen LogP contribution in [0.1, 0.15) is 45.9 Å². The maximum Gasteiger partial charge on any atom is 0.161 e. The molecule has 0 atom stereocenters. The molecule has 1 aromatic heterocycles. The number of hydrogen-bond acceptors (Lipinski definition) is 4. The Morgan fingerprint density at radius 1 is 1.06 bits per heavy atom. The van der Waals surface area contributed by atoms with Gasteiger partial charge in [0.1, 0.15) is 11.4 Å². The molecule has 0 saturated carbocycles. The first kappa shape index (κ1) is 22.8. The molecule has 164 valence electrons. The van der Waals surface area contributed by atoms with Crippen molar-refractivity contribution in [1.82, 2.24) is 9.78 Å². The highest BCUT2D eigenvalue weighted by Crippen LogP contribution is 2.27. The summed E-state index contributed by atoms with van der Waals surface area (Å²) in [5.74, 6) is 1.29. The second-order valence-corrected chi connectivity index (χ2v) is 8.75. The Morgan fingerprint density at radius 2 is 1.81 bits per heavy atom. The minimum Gasteiger partial charge on any atom is -0.493 e. The SMILES string of the molecule is CC(=O)C(C)(C)OCc1cc(-c2cccc(OCC(C)C)c2)n(Cc2ccccc2)n1. The van der Waals surface area contributed by atoms with Crippen LogP contribution < -0.4 is 4.74 Å². The van der Waals surface area contributed by atoms with Crippen LogP contribution in [0, 0.1) is 5.92 Å². The summed E-state index contributed by atoms with van der Waals surface area (Å²) < 4.78 is 13.8. The van der Waals surface area contributed by atoms with E-state index < -0.39 is 5.60 Å². The highest BCUT2D eigenvalue weighted by atomic mass is 16.5. The van der Waals surface area contributed by atoms with Crippen molar-refractivity contribution in [3.05, 3.63) is 71.9 Å². The molecule has 0 spiro atoms. The summed E-state index contributed by atoms with van der Waals surface area (Å²) in [6.07, 6.45) is 0. The Bertz CT molecular complexity index is 1010. The summed E-state index contributed by atoms with van der Waals surface area (Å²) in [5.41, 5.74) is 3.12. The van der Waals surface area contributed by atoms with E-state index in [0.717, 1.165) is 28.3 Å². The number of Topliss-reactive ketones (excluding diaryl/α,β-unsaturated/α-hetero) is 1. The van der Waals surface area contributed by atoms with Gasteiger partial charge in [-0.05, 0) is 50.5 Å². The van der Waals surface area contributed by atoms with Gasteiger partial charge in [0.15, 0.2) is 5.78 Å². The van der Waals surface area contributed by atoms with Gasteiger partial charge in [-0.15, -0.1) is 0 Å². The number of hydrogen-bond donors (Lipinski definition) is 0. The van der Waals surface area contributed by atoms with Crippen molar-refractivity contribution in [1.29, 1.82) is 0 Å². The van der Waals surface area contributed by atoms with Crippen molar-refractivity contribution in [3.8, 4) is 17.0 Å². The third-order valence-corrected chi connectivity index (χ3v) is 5.15. The molecule has 5 heteroatoms. The minimum absolute atomic E-state index is 0.00792. The molecule has 0 radical (unpaired) electrons. The molecule has 0 saturated heterocycles. The van der Waals surface area contributed by atoms with Crippen molar-refractivity contribution < 1.29 is 14.3 Å². The van der Waals surface area contributed by atoms with Crippen LogP contribution in [0.3, 0.4) is 0 Å². The van der Waals surface area contributed by atoms with Crippen LogP contribution in [0.5, 0.6) is 5.75 Å². The number of benzene rings is 2. The van der Waals surface area contributed by atoms with Gasteiger partial charge >= 0.3 is 0 Å². The van der Waals surface area contributed by atoms with E-state index in [1.54, 1.807) is 20.8 Å². The van der Waals surface area contributed by atoms with Gasteiger partial charge in [0.05, 0.1) is 31.1 Å². The maximum atomic E-state index is 11.8. The molecule has 0 N–H and O–H groups in total. The Kier molecular flexibility index (Phi) is 7.29. The average molecular weight is 421 g/mol. The second-order valence-electron chi connectivity index (χ2n) is 8.75. The lowest BCUT2D eigenvalue weighted by atomic mass is 10.1. The normalized spacial score (nSPS) is 11.7. The fourth-order valence-corrected chi connectivity index (χ4v) is 3.01. The van der Waals surface area contributed by atoms with E-state index in [0.29, 0.717) is 19.1 Å². The van der Waals surface area contributed by atoms with E-state index in [9.17, 15) is 4.79 Å². The number of aromatic nitrogens is 2. The number of nitrogens with zero attached hydrogens (tertiary/aromatic N) is 2. The summed E-state index contributed by atoms with van der Waals surface area (Å²) in [7, 11) is 0. The molecule has 3 aromatic rings. The fraction of sp³-hybridized carbons (Fsp3) is 0.385. The predicted octanol–water partition coefficient (Wildman–Crippen LogP) is 5.52. The van der Waals surface area contributed by atoms with Crippen molar-refractivity contribution >= 4 is 5.78 Å². The molecule has 0 amide bonds. The first-order valence-electron chi connectivity index (χ1n) is 10.7. The zero-order valence-electron chi connectivity index (χ0n) is 19.1. The lowest BCUT2D eigenvalue weighted by molar-refractivity contribution is -0.139. The van der Waals surface area contributed by atoms with E-state index in [2.05, 4.69) is 32.0 Å². The van der Waals surface area contributed by atoms with Gasteiger partial charge in [0, 0.05) is 5.56 Å². The first-order valence-corrected chi connectivity index (χ1v) is 10.7. The number of ketones is 1. The van der Waals surface area contributed by atoms with E-state index in [-0.39, 0.29) is 12.4 Å². The Morgan fingerprint density at radius 3 is 2.48 bits per heavy atom. The second kappa shape index (κ2) is 9.92. The average Bonchev–Trinajstić information content (AvgIpc) is 3.14. The molecule has 0 fully saturated rings. The van der Waals surface area contributed by atoms with Gasteiger partial charge in [0.2, 0.25) is 0 Å². The zero-order valence-corrected chi connectivity index (χ0v) is 19.1. The summed E-state index contributed by atoms with van der Waals surface area (Å²) in [5, 5.41) is 4.79. The Hall–Kier alpha value is -2.92. The molecule has 31 heavy (non-hydrogen) atoms. The highest BCUT2D eigenvalue weighted by Gasteiger charge is 2.25. The van der Waals surface area contributed by atoms with Gasteiger partial charge in [0.25, 0.3) is 0 Å². The van der Waals surface area contributed by atoms with Gasteiger partial charge in [-0.25, -0.2) is 0 Å². The zero-order chi connectivity index (χ0) is 22.4. The molecular weight excluding hydrogens is 388 g/mol. The highest BCUT2D eigenvalue weighted by molar-refractivity contribution is 5.83. The maximum absolute atomic E-state index is 11.8. The largest absolute Gasteiger partial charge is 0.493 e. The molecule has 0 unspecified atom stereocenters. The molecule has 5 nitrogen and oxygen atoms in total. The summed E-state index contributed by atoms with van der Waals surface area (Å²) in [6, 6.07) is 20.3. The topological polar surface area (TPSA) is 53.4 Å². The van der Waals surface area contributed by atoms with Crippen LogP contribution in [-0.4, -0.2) is 27.8 Å². The molecule has 3 rings (SSSR count). The van der Waals surface area contributed by atoms with Crippen molar-refractivity contribution in [2.24, 2.45) is 5.92 Å². The predicted molar refractivity (Wildman–Crippen MR) is 123 cm³/mol. The van der Waals surface area contributed by atoms with Crippen LogP contribution in [0.25, 0.3) is 11.3 Å². The molecule has 0 aliphatic heterocycles. The van der Waals surface area contributed by atoms with Crippen LogP contribution in [-0.2, 0) is 22.7 Å². The van der Waals surface area contributed by atoms with Crippen molar-refractivity contribution in [2.75, 3.05) is 6.61 Å². The molecule has 2 aromatic carbocycles.